The van der Waals surface area contributed by atoms with Gasteiger partial charge in [0.1, 0.15) is 0 Å². The van der Waals surface area contributed by atoms with Crippen molar-refractivity contribution in [2.45, 2.75) is 33.6 Å². The van der Waals surface area contributed by atoms with Gasteiger partial charge in [-0.1, -0.05) is 13.8 Å². The molecule has 0 aliphatic carbocycles. The summed E-state index contributed by atoms with van der Waals surface area (Å²) in [6, 6.07) is 0. The minimum Gasteiger partial charge on any atom is -0.444 e. The Hall–Kier alpha value is -0.900. The zero-order chi connectivity index (χ0) is 12.5. The van der Waals surface area contributed by atoms with Gasteiger partial charge >= 0.3 is 7.60 Å². The van der Waals surface area contributed by atoms with Crippen molar-refractivity contribution in [2.24, 2.45) is 0 Å². The van der Waals surface area contributed by atoms with Crippen molar-refractivity contribution in [1.29, 1.82) is 0 Å². The summed E-state index contributed by atoms with van der Waals surface area (Å²) in [5, 5.41) is 0. The number of hydrogen-bond donors (Lipinski definition) is 2. The number of carbonyl (C=O) groups excluding carboxylic acids is 1. The molecule has 1 aromatic rings. The van der Waals surface area contributed by atoms with Crippen LogP contribution in [0.1, 0.15) is 42.5 Å². The molecule has 0 aromatic carbocycles. The lowest BCUT2D eigenvalue weighted by molar-refractivity contribution is 0.0987. The van der Waals surface area contributed by atoms with Gasteiger partial charge in [0.2, 0.25) is 5.50 Å². The van der Waals surface area contributed by atoms with E-state index >= 15 is 0 Å². The molecule has 0 aliphatic rings. The van der Waals surface area contributed by atoms with Crippen LogP contribution in [0.3, 0.4) is 0 Å². The van der Waals surface area contributed by atoms with Crippen molar-refractivity contribution in [2.75, 3.05) is 0 Å². The summed E-state index contributed by atoms with van der Waals surface area (Å²) in [5.41, 5.74) is 0.700. The second-order valence-electron chi connectivity index (χ2n) is 3.50. The molecule has 16 heavy (non-hydrogen) atoms. The minimum absolute atomic E-state index is 0.0673. The Kier molecular flexibility index (Phi) is 3.73. The van der Waals surface area contributed by atoms with Gasteiger partial charge in [0, 0.05) is 18.1 Å². The fourth-order valence-electron chi connectivity index (χ4n) is 1.74. The summed E-state index contributed by atoms with van der Waals surface area (Å²) in [5.74, 6) is -0.246. The van der Waals surface area contributed by atoms with Crippen LogP contribution in [0.15, 0.2) is 4.42 Å². The molecule has 0 aliphatic heterocycles. The molecule has 0 saturated carbocycles. The van der Waals surface area contributed by atoms with Crippen LogP contribution in [-0.2, 0) is 17.4 Å². The molecule has 0 atom stereocenters. The molecule has 0 unspecified atom stereocenters. The van der Waals surface area contributed by atoms with E-state index in [4.69, 9.17) is 14.2 Å². The maximum absolute atomic E-state index is 11.3. The molecule has 1 rings (SSSR count). The van der Waals surface area contributed by atoms with E-state index in [2.05, 4.69) is 0 Å². The normalized spacial score (nSPS) is 11.8. The number of hydrogen-bond acceptors (Lipinski definition) is 3. The van der Waals surface area contributed by atoms with E-state index in [0.717, 1.165) is 0 Å². The van der Waals surface area contributed by atoms with Crippen molar-refractivity contribution in [3.8, 4) is 0 Å². The third-order valence-electron chi connectivity index (χ3n) is 2.39. The minimum atomic E-state index is -4.45. The molecule has 0 spiro atoms. The Labute approximate surface area is 93.6 Å². The first-order valence-electron chi connectivity index (χ1n) is 5.04. The monoisotopic (exact) mass is 246 g/mol. The first kappa shape index (κ1) is 13.2. The van der Waals surface area contributed by atoms with Crippen molar-refractivity contribution >= 4 is 18.9 Å². The molecule has 0 bridgehead atoms. The van der Waals surface area contributed by atoms with Crippen molar-refractivity contribution in [3.63, 3.8) is 0 Å². The standard InChI is InChI=1S/C10H15O5P/c1-4-7-8(5-2)10(16(12,13)14)15-9(7)6(3)11/h4-5H2,1-3H3,(H2,12,13,14). The summed E-state index contributed by atoms with van der Waals surface area (Å²) in [7, 11) is -4.45. The SMILES string of the molecule is CCc1c(C(C)=O)oc(P(=O)(O)O)c1CC. The zero-order valence-corrected chi connectivity index (χ0v) is 10.4. The first-order valence-corrected chi connectivity index (χ1v) is 6.65. The highest BCUT2D eigenvalue weighted by atomic mass is 31.2. The van der Waals surface area contributed by atoms with Crippen molar-refractivity contribution in [3.05, 3.63) is 16.9 Å². The van der Waals surface area contributed by atoms with Crippen molar-refractivity contribution in [1.82, 2.24) is 0 Å². The van der Waals surface area contributed by atoms with Gasteiger partial charge in [-0.25, -0.2) is 0 Å². The van der Waals surface area contributed by atoms with Crippen LogP contribution in [-0.4, -0.2) is 15.6 Å². The first-order chi connectivity index (χ1) is 7.32. The highest BCUT2D eigenvalue weighted by Crippen LogP contribution is 2.38. The molecular weight excluding hydrogens is 231 g/mol. The highest BCUT2D eigenvalue weighted by Gasteiger charge is 2.31. The van der Waals surface area contributed by atoms with E-state index in [1.165, 1.54) is 6.92 Å². The van der Waals surface area contributed by atoms with Gasteiger partial charge in [0.05, 0.1) is 0 Å². The Bertz CT molecular complexity index is 454. The molecule has 0 radical (unpaired) electrons. The van der Waals surface area contributed by atoms with Crippen LogP contribution < -0.4 is 5.50 Å². The predicted octanol–water partition coefficient (Wildman–Crippen LogP) is 1.41. The van der Waals surface area contributed by atoms with Crippen LogP contribution in [0.5, 0.6) is 0 Å². The smallest absolute Gasteiger partial charge is 0.391 e. The molecule has 2 N–H and O–H groups in total. The number of ketones is 1. The maximum atomic E-state index is 11.3. The number of rotatable bonds is 4. The second kappa shape index (κ2) is 4.53. The number of furan rings is 1. The molecule has 1 aromatic heterocycles. The third kappa shape index (κ3) is 2.26. The molecule has 90 valence electrons. The van der Waals surface area contributed by atoms with Crippen LogP contribution in [0.2, 0.25) is 0 Å². The molecule has 0 amide bonds. The fourth-order valence-corrected chi connectivity index (χ4v) is 2.60. The lowest BCUT2D eigenvalue weighted by Gasteiger charge is -2.02. The van der Waals surface area contributed by atoms with E-state index in [-0.39, 0.29) is 17.0 Å². The highest BCUT2D eigenvalue weighted by molar-refractivity contribution is 7.59. The average Bonchev–Trinajstić information content (AvgIpc) is 2.54. The Morgan fingerprint density at radius 1 is 1.25 bits per heavy atom. The average molecular weight is 246 g/mol. The third-order valence-corrected chi connectivity index (χ3v) is 3.28. The summed E-state index contributed by atoms with van der Waals surface area (Å²) in [6.45, 7) is 4.91. The number of Topliss-reactive ketones (excluding diaryl/α,β-unsaturated/α-hetero) is 1. The molecule has 0 fully saturated rings. The molecule has 5 nitrogen and oxygen atoms in total. The molecule has 6 heteroatoms. The van der Waals surface area contributed by atoms with E-state index in [0.29, 0.717) is 24.0 Å². The van der Waals surface area contributed by atoms with Gasteiger partial charge in [-0.3, -0.25) is 9.36 Å². The van der Waals surface area contributed by atoms with Gasteiger partial charge in [-0.15, -0.1) is 0 Å². The molecule has 1 heterocycles. The second-order valence-corrected chi connectivity index (χ2v) is 5.00. The van der Waals surface area contributed by atoms with Crippen LogP contribution in [0.4, 0.5) is 0 Å². The molecule has 0 saturated heterocycles. The van der Waals surface area contributed by atoms with Gasteiger partial charge < -0.3 is 14.2 Å². The summed E-state index contributed by atoms with van der Waals surface area (Å²) >= 11 is 0. The van der Waals surface area contributed by atoms with E-state index < -0.39 is 7.60 Å². The summed E-state index contributed by atoms with van der Waals surface area (Å²) < 4.78 is 16.2. The largest absolute Gasteiger partial charge is 0.444 e. The summed E-state index contributed by atoms with van der Waals surface area (Å²) in [4.78, 5) is 29.5. The predicted molar refractivity (Wildman–Crippen MR) is 59.1 cm³/mol. The Morgan fingerprint density at radius 2 is 1.75 bits per heavy atom. The van der Waals surface area contributed by atoms with Crippen LogP contribution >= 0.6 is 7.60 Å². The van der Waals surface area contributed by atoms with Gasteiger partial charge in [-0.05, 0) is 12.8 Å². The lowest BCUT2D eigenvalue weighted by atomic mass is 10.1. The fraction of sp³-hybridized carbons (Fsp3) is 0.500. The van der Waals surface area contributed by atoms with Crippen molar-refractivity contribution < 1.29 is 23.6 Å². The topological polar surface area (TPSA) is 87.7 Å². The molecular formula is C10H15O5P. The van der Waals surface area contributed by atoms with E-state index in [1.807, 2.05) is 6.92 Å². The number of carbonyl (C=O) groups is 1. The Balaban J connectivity index is 3.53. The lowest BCUT2D eigenvalue weighted by Crippen LogP contribution is -2.07. The van der Waals surface area contributed by atoms with Gasteiger partial charge in [-0.2, -0.15) is 0 Å². The zero-order valence-electron chi connectivity index (χ0n) is 9.48. The van der Waals surface area contributed by atoms with Gasteiger partial charge in [0.25, 0.3) is 0 Å². The van der Waals surface area contributed by atoms with E-state index in [1.54, 1.807) is 6.92 Å². The van der Waals surface area contributed by atoms with E-state index in [9.17, 15) is 9.36 Å². The van der Waals surface area contributed by atoms with Crippen LogP contribution in [0.25, 0.3) is 0 Å². The quantitative estimate of drug-likeness (QED) is 0.619. The Morgan fingerprint density at radius 3 is 2.06 bits per heavy atom. The van der Waals surface area contributed by atoms with Crippen LogP contribution in [0, 0.1) is 0 Å². The van der Waals surface area contributed by atoms with Gasteiger partial charge in [0.15, 0.2) is 11.5 Å². The summed E-state index contributed by atoms with van der Waals surface area (Å²) in [6.07, 6.45) is 0.946. The maximum Gasteiger partial charge on any atom is 0.391 e.